The van der Waals surface area contributed by atoms with Crippen LogP contribution in [0.15, 0.2) is 35.5 Å². The molecule has 0 unspecified atom stereocenters. The number of benzene rings is 1. The number of aromatic nitrogens is 1. The predicted octanol–water partition coefficient (Wildman–Crippen LogP) is 3.52. The zero-order valence-corrected chi connectivity index (χ0v) is 15.0. The third-order valence-electron chi connectivity index (χ3n) is 3.47. The minimum absolute atomic E-state index is 0.149. The lowest BCUT2D eigenvalue weighted by Gasteiger charge is -2.10. The van der Waals surface area contributed by atoms with Gasteiger partial charge in [-0.2, -0.15) is 4.99 Å². The number of carbonyl (C=O) groups excluding carboxylic acids is 1. The van der Waals surface area contributed by atoms with Gasteiger partial charge in [0.05, 0.1) is 6.54 Å². The summed E-state index contributed by atoms with van der Waals surface area (Å²) in [4.78, 5) is 19.5. The third kappa shape index (κ3) is 3.40. The molecule has 0 N–H and O–H groups in total. The van der Waals surface area contributed by atoms with Crippen LogP contribution in [0.25, 0.3) is 5.69 Å². The lowest BCUT2D eigenvalue weighted by molar-refractivity contribution is 0.213. The molecule has 0 aliphatic carbocycles. The first-order valence-corrected chi connectivity index (χ1v) is 8.85. The number of amides is 2. The standard InChI is InChI=1S/C15H15FIN3OS/c1-10-8-20(13-4-2-12(17)3-5-13)15(22-10)18-14(21)19-7-6-11(16)9-19/h2-5,8,11H,6-7,9H2,1H3/t11-/m1/s1. The molecule has 4 nitrogen and oxygen atoms in total. The van der Waals surface area contributed by atoms with Crippen molar-refractivity contribution < 1.29 is 9.18 Å². The Morgan fingerprint density at radius 3 is 2.77 bits per heavy atom. The fraction of sp³-hybridized carbons (Fsp3) is 0.333. The predicted molar refractivity (Wildman–Crippen MR) is 93.1 cm³/mol. The number of thiazole rings is 1. The number of likely N-dealkylation sites (tertiary alicyclic amines) is 1. The van der Waals surface area contributed by atoms with E-state index in [2.05, 4.69) is 27.6 Å². The van der Waals surface area contributed by atoms with Gasteiger partial charge in [0.2, 0.25) is 0 Å². The van der Waals surface area contributed by atoms with Gasteiger partial charge in [0.1, 0.15) is 6.17 Å². The molecule has 1 saturated heterocycles. The molecule has 1 aliphatic heterocycles. The fourth-order valence-corrected chi connectivity index (χ4v) is 3.55. The third-order valence-corrected chi connectivity index (χ3v) is 5.08. The van der Waals surface area contributed by atoms with Gasteiger partial charge in [0.25, 0.3) is 0 Å². The Bertz CT molecular complexity index is 753. The Morgan fingerprint density at radius 2 is 2.14 bits per heavy atom. The summed E-state index contributed by atoms with van der Waals surface area (Å²) in [5, 5.41) is 0. The normalized spacial score (nSPS) is 19.0. The summed E-state index contributed by atoms with van der Waals surface area (Å²) in [6, 6.07) is 7.64. The Labute approximate surface area is 145 Å². The quantitative estimate of drug-likeness (QED) is 0.637. The van der Waals surface area contributed by atoms with E-state index < -0.39 is 6.17 Å². The SMILES string of the molecule is Cc1cn(-c2ccc(I)cc2)c(=NC(=O)N2CC[C@@H](F)C2)s1. The first-order valence-electron chi connectivity index (χ1n) is 6.95. The van der Waals surface area contributed by atoms with Crippen LogP contribution in [0.3, 0.4) is 0 Å². The molecule has 1 atom stereocenters. The van der Waals surface area contributed by atoms with Crippen LogP contribution in [0.4, 0.5) is 9.18 Å². The van der Waals surface area contributed by atoms with E-state index in [1.54, 1.807) is 0 Å². The summed E-state index contributed by atoms with van der Waals surface area (Å²) < 4.78 is 16.3. The Kier molecular flexibility index (Phi) is 4.62. The van der Waals surface area contributed by atoms with Crippen molar-refractivity contribution in [2.24, 2.45) is 4.99 Å². The summed E-state index contributed by atoms with van der Waals surface area (Å²) in [7, 11) is 0. The first-order chi connectivity index (χ1) is 10.5. The van der Waals surface area contributed by atoms with E-state index in [0.29, 0.717) is 17.8 Å². The zero-order chi connectivity index (χ0) is 15.7. The van der Waals surface area contributed by atoms with E-state index in [1.807, 2.05) is 42.0 Å². The van der Waals surface area contributed by atoms with Crippen molar-refractivity contribution in [1.29, 1.82) is 0 Å². The van der Waals surface area contributed by atoms with Crippen LogP contribution in [0.2, 0.25) is 0 Å². The highest BCUT2D eigenvalue weighted by Gasteiger charge is 2.25. The molecule has 2 amide bonds. The van der Waals surface area contributed by atoms with E-state index in [-0.39, 0.29) is 12.6 Å². The molecule has 1 fully saturated rings. The number of alkyl halides is 1. The first kappa shape index (κ1) is 15.7. The van der Waals surface area contributed by atoms with Crippen molar-refractivity contribution in [2.75, 3.05) is 13.1 Å². The van der Waals surface area contributed by atoms with E-state index in [9.17, 15) is 9.18 Å². The largest absolute Gasteiger partial charge is 0.346 e. The molecule has 0 bridgehead atoms. The lowest BCUT2D eigenvalue weighted by Crippen LogP contribution is -2.28. The molecule has 116 valence electrons. The van der Waals surface area contributed by atoms with Crippen molar-refractivity contribution in [2.45, 2.75) is 19.5 Å². The van der Waals surface area contributed by atoms with Gasteiger partial charge in [0.15, 0.2) is 4.80 Å². The van der Waals surface area contributed by atoms with Crippen LogP contribution in [-0.4, -0.2) is 34.8 Å². The number of carbonyl (C=O) groups is 1. The van der Waals surface area contributed by atoms with Gasteiger partial charge in [-0.25, -0.2) is 9.18 Å². The summed E-state index contributed by atoms with van der Waals surface area (Å²) in [5.74, 6) is 0. The molecule has 1 aromatic heterocycles. The molecular formula is C15H15FIN3OS. The van der Waals surface area contributed by atoms with Crippen molar-refractivity contribution in [1.82, 2.24) is 9.47 Å². The van der Waals surface area contributed by atoms with E-state index in [4.69, 9.17) is 0 Å². The Hall–Kier alpha value is -1.22. The molecule has 22 heavy (non-hydrogen) atoms. The maximum atomic E-state index is 13.2. The summed E-state index contributed by atoms with van der Waals surface area (Å²) >= 11 is 3.71. The van der Waals surface area contributed by atoms with Gasteiger partial charge in [-0.1, -0.05) is 0 Å². The van der Waals surface area contributed by atoms with Gasteiger partial charge >= 0.3 is 6.03 Å². The van der Waals surface area contributed by atoms with Gasteiger partial charge in [-0.15, -0.1) is 11.3 Å². The topological polar surface area (TPSA) is 37.6 Å². The Balaban J connectivity index is 1.95. The molecule has 0 saturated carbocycles. The van der Waals surface area contributed by atoms with Crippen LogP contribution in [-0.2, 0) is 0 Å². The molecular weight excluding hydrogens is 416 g/mol. The van der Waals surface area contributed by atoms with Crippen molar-refractivity contribution in [3.63, 3.8) is 0 Å². The number of aryl methyl sites for hydroxylation is 1. The minimum Gasteiger partial charge on any atom is -0.320 e. The monoisotopic (exact) mass is 431 g/mol. The minimum atomic E-state index is -0.924. The fourth-order valence-electron chi connectivity index (χ4n) is 2.36. The van der Waals surface area contributed by atoms with E-state index >= 15 is 0 Å². The van der Waals surface area contributed by atoms with Gasteiger partial charge in [-0.3, -0.25) is 4.57 Å². The zero-order valence-electron chi connectivity index (χ0n) is 12.0. The molecule has 3 rings (SSSR count). The highest BCUT2D eigenvalue weighted by Crippen LogP contribution is 2.15. The van der Waals surface area contributed by atoms with Crippen LogP contribution in [0.5, 0.6) is 0 Å². The van der Waals surface area contributed by atoms with Crippen LogP contribution in [0, 0.1) is 10.5 Å². The summed E-state index contributed by atoms with van der Waals surface area (Å²) in [6.07, 6.45) is 1.44. The highest BCUT2D eigenvalue weighted by atomic mass is 127. The van der Waals surface area contributed by atoms with Crippen LogP contribution in [0.1, 0.15) is 11.3 Å². The summed E-state index contributed by atoms with van der Waals surface area (Å²) in [6.45, 7) is 2.57. The molecule has 7 heteroatoms. The smallest absolute Gasteiger partial charge is 0.320 e. The molecule has 2 heterocycles. The second-order valence-electron chi connectivity index (χ2n) is 5.20. The van der Waals surface area contributed by atoms with E-state index in [0.717, 1.165) is 14.1 Å². The molecule has 1 aliphatic rings. The highest BCUT2D eigenvalue weighted by molar-refractivity contribution is 14.1. The number of hydrogen-bond acceptors (Lipinski definition) is 2. The van der Waals surface area contributed by atoms with Crippen LogP contribution >= 0.6 is 33.9 Å². The maximum Gasteiger partial charge on any atom is 0.346 e. The van der Waals surface area contributed by atoms with Gasteiger partial charge in [0, 0.05) is 26.9 Å². The summed E-state index contributed by atoms with van der Waals surface area (Å²) in [5.41, 5.74) is 0.959. The number of halogens is 2. The second kappa shape index (κ2) is 6.49. The van der Waals surface area contributed by atoms with Crippen molar-refractivity contribution >= 4 is 40.0 Å². The number of rotatable bonds is 1. The number of hydrogen-bond donors (Lipinski definition) is 0. The van der Waals surface area contributed by atoms with Gasteiger partial charge < -0.3 is 4.90 Å². The van der Waals surface area contributed by atoms with E-state index in [1.165, 1.54) is 16.2 Å². The average molecular weight is 431 g/mol. The lowest BCUT2D eigenvalue weighted by atomic mass is 10.3. The number of urea groups is 1. The molecule has 2 aromatic rings. The second-order valence-corrected chi connectivity index (χ2v) is 7.66. The average Bonchev–Trinajstić information content (AvgIpc) is 3.06. The number of nitrogens with zero attached hydrogens (tertiary/aromatic N) is 3. The van der Waals surface area contributed by atoms with Gasteiger partial charge in [-0.05, 0) is 60.2 Å². The van der Waals surface area contributed by atoms with Crippen molar-refractivity contribution in [3.05, 3.63) is 43.7 Å². The maximum absolute atomic E-state index is 13.2. The Morgan fingerprint density at radius 1 is 1.41 bits per heavy atom. The molecule has 1 aromatic carbocycles. The molecule has 0 spiro atoms. The molecule has 0 radical (unpaired) electrons. The van der Waals surface area contributed by atoms with Crippen molar-refractivity contribution in [3.8, 4) is 5.69 Å². The van der Waals surface area contributed by atoms with Crippen LogP contribution < -0.4 is 4.80 Å².